The van der Waals surface area contributed by atoms with Gasteiger partial charge in [0.2, 0.25) is 0 Å². The second-order valence-electron chi connectivity index (χ2n) is 5.84. The molecule has 0 N–H and O–H groups in total. The van der Waals surface area contributed by atoms with Crippen LogP contribution in [0, 0.1) is 5.92 Å². The molecule has 108 valence electrons. The van der Waals surface area contributed by atoms with E-state index >= 15 is 0 Å². The fraction of sp³-hybridized carbons (Fsp3) is 0.800. The highest BCUT2D eigenvalue weighted by molar-refractivity contribution is 7.09. The molecule has 0 radical (unpaired) electrons. The summed E-state index contributed by atoms with van der Waals surface area (Å²) < 4.78 is 0. The maximum absolute atomic E-state index is 5.77. The minimum Gasteiger partial charge on any atom is -0.301 e. The summed E-state index contributed by atoms with van der Waals surface area (Å²) in [4.78, 5) is 7.17. The Morgan fingerprint density at radius 1 is 1.42 bits per heavy atom. The fourth-order valence-electron chi connectivity index (χ4n) is 2.90. The summed E-state index contributed by atoms with van der Waals surface area (Å²) in [5, 5.41) is 3.33. The molecule has 1 aromatic heterocycles. The van der Waals surface area contributed by atoms with Gasteiger partial charge in [-0.1, -0.05) is 6.92 Å². The Morgan fingerprint density at radius 3 is 2.95 bits per heavy atom. The topological polar surface area (TPSA) is 16.1 Å². The number of aromatic nitrogens is 1. The molecule has 0 saturated carbocycles. The Kier molecular flexibility index (Phi) is 6.11. The first kappa shape index (κ1) is 15.3. The number of unbranched alkanes of at least 4 members (excludes halogenated alkanes) is 1. The lowest BCUT2D eigenvalue weighted by atomic mass is 9.93. The molecule has 2 rings (SSSR count). The number of hydrogen-bond donors (Lipinski definition) is 0. The molecule has 1 aliphatic heterocycles. The van der Waals surface area contributed by atoms with Crippen molar-refractivity contribution in [2.75, 3.05) is 13.1 Å². The summed E-state index contributed by atoms with van der Waals surface area (Å²) in [6.07, 6.45) is 6.38. The Labute approximate surface area is 126 Å². The van der Waals surface area contributed by atoms with E-state index in [9.17, 15) is 0 Å². The van der Waals surface area contributed by atoms with Gasteiger partial charge in [-0.2, -0.15) is 0 Å². The van der Waals surface area contributed by atoms with Crippen molar-refractivity contribution >= 4 is 22.9 Å². The number of hydrogen-bond acceptors (Lipinski definition) is 3. The van der Waals surface area contributed by atoms with Crippen LogP contribution in [0.4, 0.5) is 0 Å². The zero-order valence-corrected chi connectivity index (χ0v) is 13.6. The highest BCUT2D eigenvalue weighted by Crippen LogP contribution is 2.22. The van der Waals surface area contributed by atoms with Crippen molar-refractivity contribution in [1.82, 2.24) is 9.88 Å². The number of nitrogens with zero attached hydrogens (tertiary/aromatic N) is 2. The highest BCUT2D eigenvalue weighted by atomic mass is 35.5. The molecule has 1 saturated heterocycles. The van der Waals surface area contributed by atoms with Gasteiger partial charge in [-0.15, -0.1) is 22.9 Å². The minimum atomic E-state index is 0.542. The number of thiazole rings is 1. The summed E-state index contributed by atoms with van der Waals surface area (Å²) in [5.41, 5.74) is 1.03. The lowest BCUT2D eigenvalue weighted by Crippen LogP contribution is -2.40. The molecule has 19 heavy (non-hydrogen) atoms. The van der Waals surface area contributed by atoms with Crippen molar-refractivity contribution in [2.24, 2.45) is 5.92 Å². The molecule has 2 nitrogen and oxygen atoms in total. The van der Waals surface area contributed by atoms with Crippen LogP contribution in [0.1, 0.15) is 50.2 Å². The second-order valence-corrected chi connectivity index (χ2v) is 7.05. The van der Waals surface area contributed by atoms with Crippen LogP contribution in [-0.4, -0.2) is 29.0 Å². The van der Waals surface area contributed by atoms with E-state index in [1.807, 2.05) is 0 Å². The third-order valence-corrected chi connectivity index (χ3v) is 5.33. The van der Waals surface area contributed by atoms with Crippen LogP contribution >= 0.6 is 22.9 Å². The van der Waals surface area contributed by atoms with Crippen LogP contribution in [0.25, 0.3) is 0 Å². The molecular formula is C15H25ClN2S. The minimum absolute atomic E-state index is 0.542. The van der Waals surface area contributed by atoms with E-state index in [-0.39, 0.29) is 0 Å². The summed E-state index contributed by atoms with van der Waals surface area (Å²) >= 11 is 7.52. The summed E-state index contributed by atoms with van der Waals surface area (Å²) in [6.45, 7) is 7.30. The summed E-state index contributed by atoms with van der Waals surface area (Å²) in [7, 11) is 0. The largest absolute Gasteiger partial charge is 0.301 e. The van der Waals surface area contributed by atoms with Crippen molar-refractivity contribution in [3.8, 4) is 0 Å². The molecular weight excluding hydrogens is 276 g/mol. The number of alkyl halides is 1. The SMILES string of the molecule is CC1CCN(CCCCc2nc(CCl)cs2)C(C)C1. The van der Waals surface area contributed by atoms with E-state index in [2.05, 4.69) is 29.1 Å². The van der Waals surface area contributed by atoms with Gasteiger partial charge >= 0.3 is 0 Å². The van der Waals surface area contributed by atoms with E-state index in [0.29, 0.717) is 5.88 Å². The number of halogens is 1. The second kappa shape index (κ2) is 7.61. The smallest absolute Gasteiger partial charge is 0.0928 e. The average molecular weight is 301 g/mol. The van der Waals surface area contributed by atoms with E-state index in [1.165, 1.54) is 43.8 Å². The zero-order valence-electron chi connectivity index (χ0n) is 12.1. The number of piperidine rings is 1. The molecule has 0 bridgehead atoms. The molecule has 0 amide bonds. The third kappa shape index (κ3) is 4.73. The molecule has 2 unspecified atom stereocenters. The first-order chi connectivity index (χ1) is 9.19. The molecule has 0 spiro atoms. The van der Waals surface area contributed by atoms with Crippen LogP contribution in [-0.2, 0) is 12.3 Å². The zero-order chi connectivity index (χ0) is 13.7. The van der Waals surface area contributed by atoms with Gasteiger partial charge in [0.05, 0.1) is 16.6 Å². The molecule has 2 heterocycles. The van der Waals surface area contributed by atoms with Crippen LogP contribution < -0.4 is 0 Å². The molecule has 1 fully saturated rings. The van der Waals surface area contributed by atoms with Gasteiger partial charge in [0, 0.05) is 11.4 Å². The Hall–Kier alpha value is -0.120. The molecule has 0 aliphatic carbocycles. The van der Waals surface area contributed by atoms with Gasteiger partial charge in [-0.05, 0) is 58.0 Å². The standard InChI is InChI=1S/C15H25ClN2S/c1-12-6-8-18(13(2)9-12)7-4-3-5-15-17-14(10-16)11-19-15/h11-13H,3-10H2,1-2H3. The van der Waals surface area contributed by atoms with Gasteiger partial charge in [-0.3, -0.25) is 0 Å². The van der Waals surface area contributed by atoms with Crippen molar-refractivity contribution in [2.45, 2.75) is 57.9 Å². The Bertz CT molecular complexity index is 380. The van der Waals surface area contributed by atoms with Gasteiger partial charge in [-0.25, -0.2) is 4.98 Å². The monoisotopic (exact) mass is 300 g/mol. The predicted molar refractivity (Wildman–Crippen MR) is 84.0 cm³/mol. The molecule has 2 atom stereocenters. The maximum Gasteiger partial charge on any atom is 0.0928 e. The van der Waals surface area contributed by atoms with E-state index < -0.39 is 0 Å². The van der Waals surface area contributed by atoms with Gasteiger partial charge in [0.25, 0.3) is 0 Å². The molecule has 4 heteroatoms. The third-order valence-electron chi connectivity index (χ3n) is 4.10. The molecule has 0 aromatic carbocycles. The molecule has 1 aliphatic rings. The van der Waals surface area contributed by atoms with Crippen LogP contribution in [0.5, 0.6) is 0 Å². The summed E-state index contributed by atoms with van der Waals surface area (Å²) in [6, 6.07) is 0.770. The van der Waals surface area contributed by atoms with Gasteiger partial charge in [0.1, 0.15) is 0 Å². The summed E-state index contributed by atoms with van der Waals surface area (Å²) in [5.74, 6) is 1.45. The Morgan fingerprint density at radius 2 is 2.26 bits per heavy atom. The van der Waals surface area contributed by atoms with Crippen LogP contribution in [0.15, 0.2) is 5.38 Å². The van der Waals surface area contributed by atoms with E-state index in [1.54, 1.807) is 11.3 Å². The highest BCUT2D eigenvalue weighted by Gasteiger charge is 2.21. The van der Waals surface area contributed by atoms with Crippen molar-refractivity contribution < 1.29 is 0 Å². The van der Waals surface area contributed by atoms with Crippen molar-refractivity contribution in [3.05, 3.63) is 16.1 Å². The van der Waals surface area contributed by atoms with E-state index in [4.69, 9.17) is 11.6 Å². The lowest BCUT2D eigenvalue weighted by molar-refractivity contribution is 0.127. The number of rotatable bonds is 6. The fourth-order valence-corrected chi connectivity index (χ4v) is 3.97. The first-order valence-corrected chi connectivity index (χ1v) is 8.83. The normalized spacial score (nSPS) is 24.8. The van der Waals surface area contributed by atoms with Crippen LogP contribution in [0.3, 0.4) is 0 Å². The first-order valence-electron chi connectivity index (χ1n) is 7.42. The Balaban J connectivity index is 1.64. The van der Waals surface area contributed by atoms with Gasteiger partial charge in [0.15, 0.2) is 0 Å². The maximum atomic E-state index is 5.77. The van der Waals surface area contributed by atoms with Crippen LogP contribution in [0.2, 0.25) is 0 Å². The quantitative estimate of drug-likeness (QED) is 0.574. The average Bonchev–Trinajstić information content (AvgIpc) is 2.84. The van der Waals surface area contributed by atoms with Crippen molar-refractivity contribution in [3.63, 3.8) is 0 Å². The van der Waals surface area contributed by atoms with Gasteiger partial charge < -0.3 is 4.90 Å². The number of aryl methyl sites for hydroxylation is 1. The predicted octanol–water partition coefficient (Wildman–Crippen LogP) is 4.33. The van der Waals surface area contributed by atoms with E-state index in [0.717, 1.165) is 24.1 Å². The molecule has 1 aromatic rings. The number of likely N-dealkylation sites (tertiary alicyclic amines) is 1. The van der Waals surface area contributed by atoms with Crippen molar-refractivity contribution in [1.29, 1.82) is 0 Å². The lowest BCUT2D eigenvalue weighted by Gasteiger charge is -2.36.